The minimum absolute atomic E-state index is 0.0133. The highest BCUT2D eigenvalue weighted by molar-refractivity contribution is 5.97. The average molecular weight is 300 g/mol. The lowest BCUT2D eigenvalue weighted by Crippen LogP contribution is -2.44. The van der Waals surface area contributed by atoms with E-state index >= 15 is 0 Å². The van der Waals surface area contributed by atoms with E-state index in [9.17, 15) is 14.4 Å². The van der Waals surface area contributed by atoms with E-state index in [2.05, 4.69) is 16.4 Å². The molecule has 1 amide bonds. The van der Waals surface area contributed by atoms with Crippen molar-refractivity contribution in [1.29, 1.82) is 1.43 Å². The number of likely N-dealkylation sites (tertiary alicyclic amines) is 1. The molecule has 1 aliphatic rings. The van der Waals surface area contributed by atoms with Crippen molar-refractivity contribution in [1.82, 2.24) is 4.90 Å². The van der Waals surface area contributed by atoms with Gasteiger partial charge in [0.15, 0.2) is 0 Å². The normalized spacial score (nSPS) is 22.5. The van der Waals surface area contributed by atoms with E-state index in [-0.39, 0.29) is 18.5 Å². The van der Waals surface area contributed by atoms with Gasteiger partial charge in [-0.25, -0.2) is 14.4 Å². The van der Waals surface area contributed by atoms with Gasteiger partial charge in [-0.15, -0.1) is 0 Å². The smallest absolute Gasteiger partial charge is 0.411 e. The molecule has 1 aliphatic heterocycles. The number of nitrogens with zero attached hydrogens (tertiary/aromatic N) is 1. The van der Waals surface area contributed by atoms with Gasteiger partial charge in [0.1, 0.15) is 11.6 Å². The lowest BCUT2D eigenvalue weighted by molar-refractivity contribution is -0.160. The molecule has 1 saturated heterocycles. The van der Waals surface area contributed by atoms with Crippen LogP contribution in [0.3, 0.4) is 0 Å². The van der Waals surface area contributed by atoms with Gasteiger partial charge in [0.05, 0.1) is 12.6 Å². The minimum atomic E-state index is -1.03. The Morgan fingerprint density at radius 1 is 1.38 bits per heavy atom. The topological polar surface area (TPSA) is 93.1 Å². The zero-order chi connectivity index (χ0) is 17.1. The fourth-order valence-electron chi connectivity index (χ4n) is 1.79. The van der Waals surface area contributed by atoms with Crippen molar-refractivity contribution in [3.05, 3.63) is 12.2 Å². The summed E-state index contributed by atoms with van der Waals surface area (Å²) in [6, 6.07) is -1.03. The van der Waals surface area contributed by atoms with Crippen molar-refractivity contribution in [2.75, 3.05) is 6.54 Å². The fraction of sp³-hybridized carbons (Fsp3) is 0.643. The van der Waals surface area contributed by atoms with E-state index < -0.39 is 35.8 Å². The summed E-state index contributed by atoms with van der Waals surface area (Å²) in [5, 5.41) is 4.44. The maximum atomic E-state index is 12.1. The van der Waals surface area contributed by atoms with Crippen molar-refractivity contribution >= 4 is 18.0 Å². The van der Waals surface area contributed by atoms with Gasteiger partial charge in [0.25, 0.3) is 0 Å². The van der Waals surface area contributed by atoms with E-state index in [4.69, 9.17) is 6.17 Å². The molecule has 0 aliphatic carbocycles. The van der Waals surface area contributed by atoms with Crippen LogP contribution in [0.15, 0.2) is 12.2 Å². The van der Waals surface area contributed by atoms with Crippen LogP contribution in [0.25, 0.3) is 0 Å². The molecular weight excluding hydrogens is 278 g/mol. The van der Waals surface area contributed by atoms with E-state index in [1.807, 2.05) is 0 Å². The maximum Gasteiger partial charge on any atom is 0.411 e. The molecule has 7 heteroatoms. The Morgan fingerprint density at radius 2 is 2.00 bits per heavy atom. The molecule has 1 heterocycles. The number of hydrogen-bond acceptors (Lipinski definition) is 6. The predicted molar refractivity (Wildman–Crippen MR) is 73.3 cm³/mol. The van der Waals surface area contributed by atoms with Gasteiger partial charge in [-0.1, -0.05) is 6.58 Å². The molecule has 0 spiro atoms. The SMILES string of the molecule is [2H]O[C@@H]1C[C@@H](C(=O)OC(=O)C(=C)C)N(C(=O)OC(C)(C)C)C1. The standard InChI is InChI=1S/C14H21NO6/c1-8(2)11(17)20-12(18)10-6-9(16)7-15(10)13(19)21-14(3,4)5/h9-10,16H,1,6-7H2,2-5H3/t9-,10+/m1/s1/i16D. The van der Waals surface area contributed by atoms with Gasteiger partial charge in [-0.05, 0) is 27.7 Å². The number of rotatable bonds is 3. The van der Waals surface area contributed by atoms with E-state index in [1.54, 1.807) is 20.8 Å². The van der Waals surface area contributed by atoms with Gasteiger partial charge in [0.2, 0.25) is 1.43 Å². The lowest BCUT2D eigenvalue weighted by Gasteiger charge is -2.27. The van der Waals surface area contributed by atoms with Gasteiger partial charge in [0, 0.05) is 12.0 Å². The summed E-state index contributed by atoms with van der Waals surface area (Å²) < 4.78 is 16.8. The van der Waals surface area contributed by atoms with Crippen LogP contribution in [-0.2, 0) is 19.1 Å². The molecule has 0 aromatic carbocycles. The highest BCUT2D eigenvalue weighted by Gasteiger charge is 2.42. The summed E-state index contributed by atoms with van der Waals surface area (Å²) in [7, 11) is 0. The second-order valence-electron chi connectivity index (χ2n) is 6.00. The lowest BCUT2D eigenvalue weighted by atomic mass is 10.2. The van der Waals surface area contributed by atoms with Crippen LogP contribution in [0.4, 0.5) is 4.79 Å². The van der Waals surface area contributed by atoms with Crippen LogP contribution >= 0.6 is 0 Å². The van der Waals surface area contributed by atoms with Crippen LogP contribution < -0.4 is 0 Å². The third-order valence-corrected chi connectivity index (χ3v) is 2.70. The average Bonchev–Trinajstić information content (AvgIpc) is 2.80. The summed E-state index contributed by atoms with van der Waals surface area (Å²) in [5.74, 6) is -1.75. The first-order chi connectivity index (χ1) is 10.0. The largest absolute Gasteiger partial charge is 0.444 e. The monoisotopic (exact) mass is 300 g/mol. The second kappa shape index (κ2) is 6.26. The summed E-state index contributed by atoms with van der Waals surface area (Å²) >= 11 is 0. The number of carbonyl (C=O) groups is 3. The Morgan fingerprint density at radius 3 is 2.48 bits per heavy atom. The quantitative estimate of drug-likeness (QED) is 0.475. The first-order valence-electron chi connectivity index (χ1n) is 6.99. The molecule has 2 atom stereocenters. The summed E-state index contributed by atoms with van der Waals surface area (Å²) in [4.78, 5) is 36.7. The molecule has 0 aromatic heterocycles. The number of ether oxygens (including phenoxy) is 2. The Labute approximate surface area is 125 Å². The highest BCUT2D eigenvalue weighted by Crippen LogP contribution is 2.22. The Hall–Kier alpha value is -1.89. The molecule has 118 valence electrons. The second-order valence-corrected chi connectivity index (χ2v) is 6.00. The molecule has 1 rings (SSSR count). The zero-order valence-electron chi connectivity index (χ0n) is 13.7. The predicted octanol–water partition coefficient (Wildman–Crippen LogP) is 1.00. The van der Waals surface area contributed by atoms with Crippen LogP contribution in [0.1, 0.15) is 34.1 Å². The molecule has 1 fully saturated rings. The first kappa shape index (κ1) is 15.5. The number of amides is 1. The van der Waals surface area contributed by atoms with Gasteiger partial charge < -0.3 is 14.6 Å². The number of esters is 2. The zero-order valence-corrected chi connectivity index (χ0v) is 12.7. The van der Waals surface area contributed by atoms with Crippen molar-refractivity contribution in [3.8, 4) is 0 Å². The van der Waals surface area contributed by atoms with Gasteiger partial charge >= 0.3 is 18.0 Å². The van der Waals surface area contributed by atoms with E-state index in [0.717, 1.165) is 4.90 Å². The molecule has 1 N–H and O–H groups in total. The summed E-state index contributed by atoms with van der Waals surface area (Å²) in [6.07, 6.45) is -1.31. The number of β-amino-alcohol motifs (C(OH)–C–C–N with tert-alkyl or cyclic N) is 1. The third kappa shape index (κ3) is 4.86. The Bertz CT molecular complexity index is 484. The molecule has 0 radical (unpaired) electrons. The van der Waals surface area contributed by atoms with Crippen molar-refractivity contribution in [3.63, 3.8) is 0 Å². The fourth-order valence-corrected chi connectivity index (χ4v) is 1.79. The Kier molecular flexibility index (Phi) is 4.62. The van der Waals surface area contributed by atoms with Gasteiger partial charge in [-0.2, -0.15) is 0 Å². The molecule has 21 heavy (non-hydrogen) atoms. The minimum Gasteiger partial charge on any atom is -0.444 e. The van der Waals surface area contributed by atoms with E-state index in [1.165, 1.54) is 6.92 Å². The molecule has 0 unspecified atom stereocenters. The van der Waals surface area contributed by atoms with Gasteiger partial charge in [-0.3, -0.25) is 4.90 Å². The molecule has 0 aromatic rings. The van der Waals surface area contributed by atoms with Crippen LogP contribution in [0, 0.1) is 0 Å². The molecule has 7 nitrogen and oxygen atoms in total. The summed E-state index contributed by atoms with van der Waals surface area (Å²) in [5.41, 5.74) is -0.664. The first-order valence-corrected chi connectivity index (χ1v) is 6.58. The van der Waals surface area contributed by atoms with E-state index in [0.29, 0.717) is 0 Å². The summed E-state index contributed by atoms with van der Waals surface area (Å²) in [6.45, 7) is 9.88. The van der Waals surface area contributed by atoms with Crippen LogP contribution in [-0.4, -0.2) is 53.8 Å². The van der Waals surface area contributed by atoms with Crippen LogP contribution in [0.2, 0.25) is 0 Å². The number of aliphatic hydroxyl groups excluding tert-OH is 1. The third-order valence-electron chi connectivity index (χ3n) is 2.70. The highest BCUT2D eigenvalue weighted by atomic mass is 16.6. The number of hydrogen-bond donors (Lipinski definition) is 1. The Balaban J connectivity index is 2.84. The maximum absolute atomic E-state index is 12.1. The van der Waals surface area contributed by atoms with Crippen molar-refractivity contribution in [2.24, 2.45) is 0 Å². The number of carbonyl (C=O) groups excluding carboxylic acids is 3. The number of aliphatic hydroxyl groups is 1. The van der Waals surface area contributed by atoms with Crippen molar-refractivity contribution < 1.29 is 29.0 Å². The molecule has 0 saturated carbocycles. The van der Waals surface area contributed by atoms with Crippen molar-refractivity contribution in [2.45, 2.75) is 51.9 Å². The molecular formula is C14H21NO6. The molecule has 0 bridgehead atoms. The van der Waals surface area contributed by atoms with Crippen LogP contribution in [0.5, 0.6) is 0 Å².